The molecule has 24 heavy (non-hydrogen) atoms. The molecular weight excluding hydrogens is 306 g/mol. The van der Waals surface area contributed by atoms with Gasteiger partial charge in [-0.1, -0.05) is 12.1 Å². The number of nitrogens with two attached hydrogens (primary N) is 1. The Hall–Kier alpha value is -2.08. The van der Waals surface area contributed by atoms with Crippen molar-refractivity contribution in [3.63, 3.8) is 0 Å². The van der Waals surface area contributed by atoms with Gasteiger partial charge in [0.25, 0.3) is 5.91 Å². The van der Waals surface area contributed by atoms with E-state index in [4.69, 9.17) is 10.5 Å². The number of carbonyl (C=O) groups is 2. The van der Waals surface area contributed by atoms with Crippen LogP contribution in [-0.4, -0.2) is 49.5 Å². The third-order valence-corrected chi connectivity index (χ3v) is 4.26. The van der Waals surface area contributed by atoms with Gasteiger partial charge in [0.05, 0.1) is 12.2 Å². The first-order chi connectivity index (χ1) is 11.7. The second-order valence-electron chi connectivity index (χ2n) is 6.02. The van der Waals surface area contributed by atoms with Crippen molar-refractivity contribution in [2.75, 3.05) is 32.8 Å². The fourth-order valence-electron chi connectivity index (χ4n) is 2.88. The largest absolute Gasteiger partial charge is 0.493 e. The molecule has 1 saturated heterocycles. The van der Waals surface area contributed by atoms with Crippen LogP contribution < -0.4 is 15.8 Å². The smallest absolute Gasteiger partial charge is 0.255 e. The number of rotatable bonds is 8. The Morgan fingerprint density at radius 1 is 1.38 bits per heavy atom. The summed E-state index contributed by atoms with van der Waals surface area (Å²) < 4.78 is 5.46. The Labute approximate surface area is 143 Å². The van der Waals surface area contributed by atoms with E-state index in [1.54, 1.807) is 12.1 Å². The Morgan fingerprint density at radius 2 is 2.17 bits per heavy atom. The highest BCUT2D eigenvalue weighted by Gasteiger charge is 2.24. The Kier molecular flexibility index (Phi) is 7.06. The Balaban J connectivity index is 1.72. The summed E-state index contributed by atoms with van der Waals surface area (Å²) in [4.78, 5) is 26.2. The molecule has 6 nitrogen and oxygen atoms in total. The van der Waals surface area contributed by atoms with E-state index in [-0.39, 0.29) is 11.8 Å². The molecule has 6 heteroatoms. The molecule has 0 saturated carbocycles. The average molecular weight is 333 g/mol. The van der Waals surface area contributed by atoms with E-state index < -0.39 is 0 Å². The number of carbonyl (C=O) groups excluding carboxylic acids is 2. The van der Waals surface area contributed by atoms with E-state index in [9.17, 15) is 9.59 Å². The molecule has 3 N–H and O–H groups in total. The SMILES string of the molecule is CCOc1ccccc1C(=O)NCCCC(=O)N1CCC(CN)C1. The van der Waals surface area contributed by atoms with Crippen LogP contribution in [0, 0.1) is 5.92 Å². The highest BCUT2D eigenvalue weighted by molar-refractivity contribution is 5.96. The number of hydrogen-bond acceptors (Lipinski definition) is 4. The maximum Gasteiger partial charge on any atom is 0.255 e. The minimum absolute atomic E-state index is 0.148. The molecule has 0 radical (unpaired) electrons. The van der Waals surface area contributed by atoms with Gasteiger partial charge in [-0.3, -0.25) is 9.59 Å². The average Bonchev–Trinajstić information content (AvgIpc) is 3.08. The highest BCUT2D eigenvalue weighted by atomic mass is 16.5. The first kappa shape index (κ1) is 18.3. The quantitative estimate of drug-likeness (QED) is 0.704. The summed E-state index contributed by atoms with van der Waals surface area (Å²) in [5.74, 6) is 0.993. The second-order valence-corrected chi connectivity index (χ2v) is 6.02. The number of benzene rings is 1. The van der Waals surface area contributed by atoms with Crippen LogP contribution in [0.5, 0.6) is 5.75 Å². The van der Waals surface area contributed by atoms with E-state index in [2.05, 4.69) is 5.32 Å². The first-order valence-corrected chi connectivity index (χ1v) is 8.63. The third-order valence-electron chi connectivity index (χ3n) is 4.26. The molecule has 1 atom stereocenters. The molecule has 0 spiro atoms. The van der Waals surface area contributed by atoms with Gasteiger partial charge in [-0.15, -0.1) is 0 Å². The van der Waals surface area contributed by atoms with E-state index in [0.717, 1.165) is 19.5 Å². The molecule has 2 rings (SSSR count). The minimum Gasteiger partial charge on any atom is -0.493 e. The number of likely N-dealkylation sites (tertiary alicyclic amines) is 1. The molecule has 1 aliphatic rings. The summed E-state index contributed by atoms with van der Waals surface area (Å²) in [5.41, 5.74) is 6.17. The van der Waals surface area contributed by atoms with Crippen LogP contribution in [0.15, 0.2) is 24.3 Å². The van der Waals surface area contributed by atoms with E-state index in [1.165, 1.54) is 0 Å². The fraction of sp³-hybridized carbons (Fsp3) is 0.556. The number of para-hydroxylation sites is 1. The summed E-state index contributed by atoms with van der Waals surface area (Å²) in [6, 6.07) is 7.17. The van der Waals surface area contributed by atoms with Crippen LogP contribution in [0.1, 0.15) is 36.5 Å². The molecule has 0 aliphatic carbocycles. The predicted molar refractivity (Wildman–Crippen MR) is 92.9 cm³/mol. The monoisotopic (exact) mass is 333 g/mol. The van der Waals surface area contributed by atoms with Gasteiger partial charge in [0.2, 0.25) is 5.91 Å². The number of hydrogen-bond donors (Lipinski definition) is 2. The van der Waals surface area contributed by atoms with Crippen molar-refractivity contribution >= 4 is 11.8 Å². The minimum atomic E-state index is -0.170. The summed E-state index contributed by atoms with van der Waals surface area (Å²) >= 11 is 0. The zero-order valence-corrected chi connectivity index (χ0v) is 14.3. The Bertz CT molecular complexity index is 562. The second kappa shape index (κ2) is 9.27. The first-order valence-electron chi connectivity index (χ1n) is 8.63. The van der Waals surface area contributed by atoms with Crippen LogP contribution in [0.25, 0.3) is 0 Å². The van der Waals surface area contributed by atoms with Crippen molar-refractivity contribution in [3.8, 4) is 5.75 Å². The van der Waals surface area contributed by atoms with Gasteiger partial charge in [-0.25, -0.2) is 0 Å². The molecule has 1 heterocycles. The van der Waals surface area contributed by atoms with Crippen molar-refractivity contribution in [2.24, 2.45) is 11.7 Å². The lowest BCUT2D eigenvalue weighted by Gasteiger charge is -2.16. The summed E-state index contributed by atoms with van der Waals surface area (Å²) in [5, 5.41) is 2.85. The number of amides is 2. The maximum atomic E-state index is 12.2. The normalized spacial score (nSPS) is 16.9. The summed E-state index contributed by atoms with van der Waals surface area (Å²) in [6.07, 6.45) is 2.07. The van der Waals surface area contributed by atoms with Crippen LogP contribution in [0.4, 0.5) is 0 Å². The summed E-state index contributed by atoms with van der Waals surface area (Å²) in [7, 11) is 0. The lowest BCUT2D eigenvalue weighted by Crippen LogP contribution is -2.31. The lowest BCUT2D eigenvalue weighted by molar-refractivity contribution is -0.130. The van der Waals surface area contributed by atoms with Gasteiger partial charge in [0, 0.05) is 26.1 Å². The highest BCUT2D eigenvalue weighted by Crippen LogP contribution is 2.18. The number of nitrogens with one attached hydrogen (secondary N) is 1. The van der Waals surface area contributed by atoms with E-state index in [1.807, 2.05) is 24.0 Å². The molecule has 0 aromatic heterocycles. The van der Waals surface area contributed by atoms with Gasteiger partial charge >= 0.3 is 0 Å². The molecule has 0 bridgehead atoms. The maximum absolute atomic E-state index is 12.2. The molecule has 1 aliphatic heterocycles. The topological polar surface area (TPSA) is 84.7 Å². The van der Waals surface area contributed by atoms with Gasteiger partial charge < -0.3 is 20.7 Å². The molecule has 132 valence electrons. The number of ether oxygens (including phenoxy) is 1. The van der Waals surface area contributed by atoms with Crippen molar-refractivity contribution < 1.29 is 14.3 Å². The van der Waals surface area contributed by atoms with Crippen molar-refractivity contribution in [2.45, 2.75) is 26.2 Å². The molecule has 1 fully saturated rings. The van der Waals surface area contributed by atoms with Crippen molar-refractivity contribution in [3.05, 3.63) is 29.8 Å². The van der Waals surface area contributed by atoms with E-state index in [0.29, 0.717) is 49.8 Å². The third kappa shape index (κ3) is 4.96. The molecule has 1 aromatic rings. The molecule has 2 amide bonds. The van der Waals surface area contributed by atoms with Crippen molar-refractivity contribution in [1.29, 1.82) is 0 Å². The molecular formula is C18H27N3O3. The fourth-order valence-corrected chi connectivity index (χ4v) is 2.88. The van der Waals surface area contributed by atoms with Crippen LogP contribution in [-0.2, 0) is 4.79 Å². The Morgan fingerprint density at radius 3 is 2.88 bits per heavy atom. The van der Waals surface area contributed by atoms with Gasteiger partial charge in [0.1, 0.15) is 5.75 Å². The van der Waals surface area contributed by atoms with E-state index >= 15 is 0 Å². The zero-order valence-electron chi connectivity index (χ0n) is 14.3. The van der Waals surface area contributed by atoms with Crippen LogP contribution in [0.2, 0.25) is 0 Å². The van der Waals surface area contributed by atoms with Gasteiger partial charge in [0.15, 0.2) is 0 Å². The van der Waals surface area contributed by atoms with Gasteiger partial charge in [-0.05, 0) is 44.4 Å². The summed E-state index contributed by atoms with van der Waals surface area (Å²) in [6.45, 7) is 5.07. The molecule has 1 aromatic carbocycles. The zero-order chi connectivity index (χ0) is 17.4. The standard InChI is InChI=1S/C18H27N3O3/c1-2-24-16-7-4-3-6-15(16)18(23)20-10-5-8-17(22)21-11-9-14(12-19)13-21/h3-4,6-7,14H,2,5,8-13,19H2,1H3,(H,20,23). The molecule has 1 unspecified atom stereocenters. The van der Waals surface area contributed by atoms with Crippen LogP contribution >= 0.6 is 0 Å². The lowest BCUT2D eigenvalue weighted by atomic mass is 10.1. The van der Waals surface area contributed by atoms with Gasteiger partial charge in [-0.2, -0.15) is 0 Å². The number of nitrogens with zero attached hydrogens (tertiary/aromatic N) is 1. The van der Waals surface area contributed by atoms with Crippen molar-refractivity contribution in [1.82, 2.24) is 10.2 Å². The van der Waals surface area contributed by atoms with Crippen LogP contribution in [0.3, 0.4) is 0 Å². The predicted octanol–water partition coefficient (Wildman–Crippen LogP) is 1.40.